The summed E-state index contributed by atoms with van der Waals surface area (Å²) in [6, 6.07) is 0.997. The minimum Gasteiger partial charge on any atom is -0.197 e. The number of nitrogens with zero attached hydrogens (tertiary/aromatic N) is 1. The molecule has 4 heteroatoms. The molecule has 0 fully saturated rings. The van der Waals surface area contributed by atoms with Gasteiger partial charge in [0.25, 0.3) is 0 Å². The molecule has 45 valence electrons. The van der Waals surface area contributed by atoms with Crippen molar-refractivity contribution in [3.63, 3.8) is 0 Å². The maximum Gasteiger partial charge on any atom is 0.408 e. The highest BCUT2D eigenvalue weighted by atomic mass is 19.4. The molecule has 0 rings (SSSR count). The summed E-state index contributed by atoms with van der Waals surface area (Å²) in [5.74, 6) is -1.11. The van der Waals surface area contributed by atoms with Crippen LogP contribution < -0.4 is 0 Å². The van der Waals surface area contributed by atoms with E-state index in [-0.39, 0.29) is 0 Å². The Hall–Kier alpha value is -0.720. The lowest BCUT2D eigenvalue weighted by Crippen LogP contribution is -2.15. The highest BCUT2D eigenvalue weighted by Gasteiger charge is 2.36. The van der Waals surface area contributed by atoms with Crippen LogP contribution in [0.3, 0.4) is 0 Å². The Morgan fingerprint density at radius 3 is 1.88 bits per heavy atom. The van der Waals surface area contributed by atoms with Crippen molar-refractivity contribution >= 4 is 0 Å². The van der Waals surface area contributed by atoms with E-state index >= 15 is 0 Å². The molecule has 0 aliphatic rings. The zero-order valence-electron chi connectivity index (χ0n) is 4.08. The van der Waals surface area contributed by atoms with Gasteiger partial charge in [-0.05, 0) is 6.92 Å². The molecule has 0 aromatic carbocycles. The van der Waals surface area contributed by atoms with Gasteiger partial charge >= 0.3 is 6.18 Å². The van der Waals surface area contributed by atoms with Crippen molar-refractivity contribution < 1.29 is 13.2 Å². The maximum atomic E-state index is 11.2. The number of hydrogen-bond acceptors (Lipinski definition) is 1. The van der Waals surface area contributed by atoms with E-state index in [1.807, 2.05) is 0 Å². The summed E-state index contributed by atoms with van der Waals surface area (Å²) in [6.45, 7) is 0.736. The lowest BCUT2D eigenvalue weighted by molar-refractivity contribution is -0.106. The third kappa shape index (κ3) is 1.82. The van der Waals surface area contributed by atoms with Gasteiger partial charge in [0.15, 0.2) is 5.92 Å². The van der Waals surface area contributed by atoms with Gasteiger partial charge in [-0.2, -0.15) is 18.4 Å². The Kier molecular flexibility index (Phi) is 1.85. The van der Waals surface area contributed by atoms with Crippen LogP contribution in [0.4, 0.5) is 13.2 Å². The van der Waals surface area contributed by atoms with Crippen molar-refractivity contribution in [2.24, 2.45) is 0 Å². The number of halogens is 3. The number of rotatable bonds is 0. The molecule has 0 atom stereocenters. The fraction of sp³-hybridized carbons (Fsp3) is 0.500. The van der Waals surface area contributed by atoms with Crippen LogP contribution in [-0.4, -0.2) is 6.18 Å². The molecule has 1 nitrogen and oxygen atoms in total. The number of alkyl halides is 3. The van der Waals surface area contributed by atoms with Crippen LogP contribution in [-0.2, 0) is 0 Å². The molecule has 8 heavy (non-hydrogen) atoms. The molecule has 0 aromatic rings. The van der Waals surface area contributed by atoms with E-state index in [1.54, 1.807) is 0 Å². The monoisotopic (exact) mass is 122 g/mol. The predicted octanol–water partition coefficient (Wildman–Crippen LogP) is 1.67. The Morgan fingerprint density at radius 1 is 1.50 bits per heavy atom. The Labute approximate surface area is 44.7 Å². The van der Waals surface area contributed by atoms with E-state index < -0.39 is 12.1 Å². The molecule has 0 heterocycles. The fourth-order valence-electron chi connectivity index (χ4n) is 0.0634. The lowest BCUT2D eigenvalue weighted by atomic mass is 10.2. The van der Waals surface area contributed by atoms with Gasteiger partial charge in [-0.3, -0.25) is 0 Å². The molecule has 0 bridgehead atoms. The average Bonchev–Trinajstić information content (AvgIpc) is 1.62. The summed E-state index contributed by atoms with van der Waals surface area (Å²) >= 11 is 0. The third-order valence-corrected chi connectivity index (χ3v) is 0.593. The predicted molar refractivity (Wildman–Crippen MR) is 20.6 cm³/mol. The molecule has 0 aliphatic carbocycles. The first-order valence-electron chi connectivity index (χ1n) is 1.79. The molecular formula is C4H3F3N. The van der Waals surface area contributed by atoms with Gasteiger partial charge in [-0.1, -0.05) is 0 Å². The van der Waals surface area contributed by atoms with Gasteiger partial charge in [0.1, 0.15) is 0 Å². The van der Waals surface area contributed by atoms with Crippen LogP contribution in [0.25, 0.3) is 0 Å². The topological polar surface area (TPSA) is 23.8 Å². The molecule has 0 saturated carbocycles. The van der Waals surface area contributed by atoms with Crippen LogP contribution >= 0.6 is 0 Å². The molecule has 0 N–H and O–H groups in total. The van der Waals surface area contributed by atoms with E-state index in [4.69, 9.17) is 5.26 Å². The summed E-state index contributed by atoms with van der Waals surface area (Å²) in [5.41, 5.74) is 0. The van der Waals surface area contributed by atoms with Crippen molar-refractivity contribution in [1.29, 1.82) is 5.26 Å². The second-order valence-electron chi connectivity index (χ2n) is 1.23. The Bertz CT molecular complexity index is 109. The summed E-state index contributed by atoms with van der Waals surface area (Å²) < 4.78 is 33.6. The van der Waals surface area contributed by atoms with Crippen molar-refractivity contribution in [3.8, 4) is 6.07 Å². The van der Waals surface area contributed by atoms with Crippen LogP contribution in [0.5, 0.6) is 0 Å². The third-order valence-electron chi connectivity index (χ3n) is 0.593. The van der Waals surface area contributed by atoms with E-state index in [9.17, 15) is 13.2 Å². The van der Waals surface area contributed by atoms with Gasteiger partial charge in [0.05, 0.1) is 6.07 Å². The van der Waals surface area contributed by atoms with E-state index in [0.717, 1.165) is 13.0 Å². The first-order valence-corrected chi connectivity index (χ1v) is 1.79. The van der Waals surface area contributed by atoms with Crippen molar-refractivity contribution in [1.82, 2.24) is 0 Å². The van der Waals surface area contributed by atoms with Crippen LogP contribution in [0.1, 0.15) is 6.92 Å². The van der Waals surface area contributed by atoms with E-state index in [1.165, 1.54) is 0 Å². The zero-order valence-corrected chi connectivity index (χ0v) is 4.08. The number of hydrogen-bond donors (Lipinski definition) is 0. The summed E-state index contributed by atoms with van der Waals surface area (Å²) in [6.07, 6.45) is -4.44. The second kappa shape index (κ2) is 2.03. The standard InChI is InChI=1S/C4H3F3N/c1-3(2-8)4(5,6)7/h1H3. The smallest absolute Gasteiger partial charge is 0.197 e. The molecule has 0 unspecified atom stereocenters. The highest BCUT2D eigenvalue weighted by Crippen LogP contribution is 2.26. The molecule has 0 spiro atoms. The lowest BCUT2D eigenvalue weighted by Gasteiger charge is -2.03. The van der Waals surface area contributed by atoms with Crippen molar-refractivity contribution in [3.05, 3.63) is 5.92 Å². The van der Waals surface area contributed by atoms with Gasteiger partial charge in [-0.15, -0.1) is 0 Å². The Balaban J connectivity index is 3.87. The van der Waals surface area contributed by atoms with Gasteiger partial charge in [0.2, 0.25) is 0 Å². The van der Waals surface area contributed by atoms with E-state index in [2.05, 4.69) is 0 Å². The van der Waals surface area contributed by atoms with Crippen LogP contribution in [0.15, 0.2) is 0 Å². The first kappa shape index (κ1) is 7.28. The Morgan fingerprint density at radius 2 is 1.88 bits per heavy atom. The van der Waals surface area contributed by atoms with Gasteiger partial charge < -0.3 is 0 Å². The van der Waals surface area contributed by atoms with Gasteiger partial charge in [0, 0.05) is 0 Å². The van der Waals surface area contributed by atoms with Crippen molar-refractivity contribution in [2.45, 2.75) is 13.1 Å². The minimum absolute atomic E-state index is 0.736. The SMILES string of the molecule is C[C](C#N)C(F)(F)F. The maximum absolute atomic E-state index is 11.2. The quantitative estimate of drug-likeness (QED) is 0.479. The molecule has 0 aliphatic heterocycles. The zero-order chi connectivity index (χ0) is 6.78. The molecule has 1 radical (unpaired) electrons. The van der Waals surface area contributed by atoms with Crippen LogP contribution in [0.2, 0.25) is 0 Å². The molecular weight excluding hydrogens is 119 g/mol. The largest absolute Gasteiger partial charge is 0.408 e. The van der Waals surface area contributed by atoms with E-state index in [0.29, 0.717) is 0 Å². The minimum atomic E-state index is -4.44. The summed E-state index contributed by atoms with van der Waals surface area (Å²) in [5, 5.41) is 7.66. The fourth-order valence-corrected chi connectivity index (χ4v) is 0.0634. The molecule has 0 saturated heterocycles. The average molecular weight is 122 g/mol. The second-order valence-corrected chi connectivity index (χ2v) is 1.23. The summed E-state index contributed by atoms with van der Waals surface area (Å²) in [7, 11) is 0. The molecule has 0 aromatic heterocycles. The van der Waals surface area contributed by atoms with Crippen molar-refractivity contribution in [2.75, 3.05) is 0 Å². The summed E-state index contributed by atoms with van der Waals surface area (Å²) in [4.78, 5) is 0. The van der Waals surface area contributed by atoms with Gasteiger partial charge in [-0.25, -0.2) is 0 Å². The molecule has 0 amide bonds. The van der Waals surface area contributed by atoms with Crippen LogP contribution in [0, 0.1) is 17.2 Å². The first-order chi connectivity index (χ1) is 3.48. The highest BCUT2D eigenvalue weighted by molar-refractivity contribution is 5.12. The normalized spacial score (nSPS) is 11.5. The number of nitriles is 1.